The SMILES string of the molecule is C=C(C)c1ccc(CN(C)CC(=O)O)cc1. The molecule has 0 heterocycles. The molecule has 0 radical (unpaired) electrons. The van der Waals surface area contributed by atoms with E-state index in [9.17, 15) is 4.79 Å². The first-order chi connectivity index (χ1) is 7.49. The monoisotopic (exact) mass is 219 g/mol. The van der Waals surface area contributed by atoms with Crippen LogP contribution in [0.1, 0.15) is 18.1 Å². The molecule has 0 aliphatic heterocycles. The third-order valence-corrected chi connectivity index (χ3v) is 2.30. The summed E-state index contributed by atoms with van der Waals surface area (Å²) in [5.41, 5.74) is 3.25. The Balaban J connectivity index is 2.61. The Kier molecular flexibility index (Phi) is 4.26. The minimum absolute atomic E-state index is 0.0578. The third kappa shape index (κ3) is 3.87. The van der Waals surface area contributed by atoms with Gasteiger partial charge in [0, 0.05) is 6.54 Å². The summed E-state index contributed by atoms with van der Waals surface area (Å²) in [7, 11) is 1.79. The molecule has 0 aliphatic carbocycles. The highest BCUT2D eigenvalue weighted by atomic mass is 16.4. The van der Waals surface area contributed by atoms with Gasteiger partial charge in [-0.3, -0.25) is 9.69 Å². The van der Waals surface area contributed by atoms with Crippen LogP contribution in [0.5, 0.6) is 0 Å². The van der Waals surface area contributed by atoms with E-state index in [1.807, 2.05) is 31.2 Å². The summed E-state index contributed by atoms with van der Waals surface area (Å²) in [4.78, 5) is 12.3. The molecule has 0 bridgehead atoms. The smallest absolute Gasteiger partial charge is 0.317 e. The van der Waals surface area contributed by atoms with Gasteiger partial charge in [-0.1, -0.05) is 36.4 Å². The molecule has 3 nitrogen and oxygen atoms in total. The molecular formula is C13H17NO2. The van der Waals surface area contributed by atoms with E-state index < -0.39 is 5.97 Å². The van der Waals surface area contributed by atoms with Gasteiger partial charge in [0.1, 0.15) is 0 Å². The van der Waals surface area contributed by atoms with Gasteiger partial charge >= 0.3 is 5.97 Å². The van der Waals surface area contributed by atoms with Gasteiger partial charge in [-0.2, -0.15) is 0 Å². The van der Waals surface area contributed by atoms with Crippen LogP contribution in [0.3, 0.4) is 0 Å². The van der Waals surface area contributed by atoms with Crippen LogP contribution in [0.2, 0.25) is 0 Å². The summed E-state index contributed by atoms with van der Waals surface area (Å²) in [6, 6.07) is 8.02. The number of likely N-dealkylation sites (N-methyl/N-ethyl adjacent to an activating group) is 1. The number of aliphatic carboxylic acids is 1. The lowest BCUT2D eigenvalue weighted by Gasteiger charge is -2.14. The van der Waals surface area contributed by atoms with Crippen molar-refractivity contribution in [2.75, 3.05) is 13.6 Å². The minimum atomic E-state index is -0.805. The van der Waals surface area contributed by atoms with E-state index in [0.717, 1.165) is 16.7 Å². The Morgan fingerprint density at radius 1 is 1.38 bits per heavy atom. The highest BCUT2D eigenvalue weighted by Gasteiger charge is 2.04. The summed E-state index contributed by atoms with van der Waals surface area (Å²) >= 11 is 0. The van der Waals surface area contributed by atoms with Gasteiger partial charge in [-0.25, -0.2) is 0 Å². The predicted molar refractivity (Wildman–Crippen MR) is 65.1 cm³/mol. The standard InChI is InChI=1S/C13H17NO2/c1-10(2)12-6-4-11(5-7-12)8-14(3)9-13(15)16/h4-7H,1,8-9H2,2-3H3,(H,15,16). The van der Waals surface area contributed by atoms with Crippen LogP contribution < -0.4 is 0 Å². The third-order valence-electron chi connectivity index (χ3n) is 2.30. The maximum atomic E-state index is 10.5. The molecule has 0 atom stereocenters. The lowest BCUT2D eigenvalue weighted by Crippen LogP contribution is -2.25. The van der Waals surface area contributed by atoms with Gasteiger partial charge in [0.05, 0.1) is 6.54 Å². The Hall–Kier alpha value is -1.61. The average Bonchev–Trinajstić information content (AvgIpc) is 2.16. The Morgan fingerprint density at radius 2 is 1.94 bits per heavy atom. The van der Waals surface area contributed by atoms with Crippen LogP contribution in [-0.2, 0) is 11.3 Å². The summed E-state index contributed by atoms with van der Waals surface area (Å²) in [6.45, 7) is 6.53. The fraction of sp³-hybridized carbons (Fsp3) is 0.308. The molecule has 86 valence electrons. The van der Waals surface area contributed by atoms with Crippen LogP contribution in [0.15, 0.2) is 30.8 Å². The van der Waals surface area contributed by atoms with Gasteiger partial charge in [0.2, 0.25) is 0 Å². The first-order valence-electron chi connectivity index (χ1n) is 5.14. The van der Waals surface area contributed by atoms with Crippen LogP contribution >= 0.6 is 0 Å². The van der Waals surface area contributed by atoms with Crippen molar-refractivity contribution in [2.24, 2.45) is 0 Å². The first-order valence-corrected chi connectivity index (χ1v) is 5.14. The number of carboxylic acids is 1. The van der Waals surface area contributed by atoms with Crippen LogP contribution in [0, 0.1) is 0 Å². The topological polar surface area (TPSA) is 40.5 Å². The van der Waals surface area contributed by atoms with Gasteiger partial charge in [-0.05, 0) is 25.1 Å². The van der Waals surface area contributed by atoms with Crippen LogP contribution in [0.25, 0.3) is 5.57 Å². The number of rotatable bonds is 5. The fourth-order valence-electron chi connectivity index (χ4n) is 1.49. The van der Waals surface area contributed by atoms with E-state index in [1.54, 1.807) is 11.9 Å². The van der Waals surface area contributed by atoms with Gasteiger partial charge in [0.25, 0.3) is 0 Å². The number of hydrogen-bond donors (Lipinski definition) is 1. The molecule has 0 spiro atoms. The second-order valence-electron chi connectivity index (χ2n) is 4.04. The first kappa shape index (κ1) is 12.5. The molecule has 16 heavy (non-hydrogen) atoms. The van der Waals surface area contributed by atoms with Crippen LogP contribution in [0.4, 0.5) is 0 Å². The zero-order valence-corrected chi connectivity index (χ0v) is 9.73. The van der Waals surface area contributed by atoms with Crippen molar-refractivity contribution in [3.63, 3.8) is 0 Å². The molecule has 1 rings (SSSR count). The van der Waals surface area contributed by atoms with Crippen LogP contribution in [-0.4, -0.2) is 29.6 Å². The summed E-state index contributed by atoms with van der Waals surface area (Å²) in [6.07, 6.45) is 0. The van der Waals surface area contributed by atoms with Crippen molar-refractivity contribution in [2.45, 2.75) is 13.5 Å². The summed E-state index contributed by atoms with van der Waals surface area (Å²) in [5, 5.41) is 8.63. The van der Waals surface area contributed by atoms with E-state index in [-0.39, 0.29) is 6.54 Å². The minimum Gasteiger partial charge on any atom is -0.480 e. The fourth-order valence-corrected chi connectivity index (χ4v) is 1.49. The molecule has 1 aromatic rings. The number of nitrogens with zero attached hydrogens (tertiary/aromatic N) is 1. The quantitative estimate of drug-likeness (QED) is 0.825. The van der Waals surface area contributed by atoms with Gasteiger partial charge < -0.3 is 5.11 Å². The highest BCUT2D eigenvalue weighted by Crippen LogP contribution is 2.13. The lowest BCUT2D eigenvalue weighted by atomic mass is 10.1. The molecule has 3 heteroatoms. The molecule has 1 aromatic carbocycles. The lowest BCUT2D eigenvalue weighted by molar-refractivity contribution is -0.138. The highest BCUT2D eigenvalue weighted by molar-refractivity contribution is 5.69. The number of carbonyl (C=O) groups is 1. The summed E-state index contributed by atoms with van der Waals surface area (Å²) < 4.78 is 0. The molecular weight excluding hydrogens is 202 g/mol. The zero-order chi connectivity index (χ0) is 12.1. The van der Waals surface area contributed by atoms with E-state index in [1.165, 1.54) is 0 Å². The summed E-state index contributed by atoms with van der Waals surface area (Å²) in [5.74, 6) is -0.805. The van der Waals surface area contributed by atoms with Crippen molar-refractivity contribution >= 4 is 11.5 Å². The van der Waals surface area contributed by atoms with E-state index in [4.69, 9.17) is 5.11 Å². The number of benzene rings is 1. The second-order valence-corrected chi connectivity index (χ2v) is 4.04. The van der Waals surface area contributed by atoms with E-state index in [0.29, 0.717) is 6.54 Å². The van der Waals surface area contributed by atoms with Crippen molar-refractivity contribution < 1.29 is 9.90 Å². The maximum absolute atomic E-state index is 10.5. The Morgan fingerprint density at radius 3 is 2.38 bits per heavy atom. The molecule has 0 saturated heterocycles. The van der Waals surface area contributed by atoms with Crippen molar-refractivity contribution in [3.8, 4) is 0 Å². The molecule has 0 aromatic heterocycles. The Labute approximate surface area is 96.0 Å². The second kappa shape index (κ2) is 5.47. The van der Waals surface area contributed by atoms with Crippen molar-refractivity contribution in [1.82, 2.24) is 4.90 Å². The number of allylic oxidation sites excluding steroid dienone is 1. The van der Waals surface area contributed by atoms with E-state index >= 15 is 0 Å². The Bertz CT molecular complexity index is 381. The zero-order valence-electron chi connectivity index (χ0n) is 9.73. The molecule has 0 amide bonds. The molecule has 0 saturated carbocycles. The molecule has 0 fully saturated rings. The average molecular weight is 219 g/mol. The van der Waals surface area contributed by atoms with E-state index in [2.05, 4.69) is 6.58 Å². The van der Waals surface area contributed by atoms with Crippen molar-refractivity contribution in [3.05, 3.63) is 42.0 Å². The predicted octanol–water partition coefficient (Wildman–Crippen LogP) is 2.24. The normalized spacial score (nSPS) is 10.4. The van der Waals surface area contributed by atoms with Crippen molar-refractivity contribution in [1.29, 1.82) is 0 Å². The van der Waals surface area contributed by atoms with Gasteiger partial charge in [-0.15, -0.1) is 0 Å². The molecule has 0 aliphatic rings. The number of hydrogen-bond acceptors (Lipinski definition) is 2. The molecule has 1 N–H and O–H groups in total. The maximum Gasteiger partial charge on any atom is 0.317 e. The van der Waals surface area contributed by atoms with Gasteiger partial charge in [0.15, 0.2) is 0 Å². The largest absolute Gasteiger partial charge is 0.480 e. The molecule has 0 unspecified atom stereocenters. The number of carboxylic acid groups (broad SMARTS) is 1.